The highest BCUT2D eigenvalue weighted by atomic mass is 32.2. The fourth-order valence-electron chi connectivity index (χ4n) is 3.58. The van der Waals surface area contributed by atoms with Gasteiger partial charge in [-0.15, -0.1) is 0 Å². The maximum absolute atomic E-state index is 13.2. The van der Waals surface area contributed by atoms with Crippen LogP contribution >= 0.6 is 0 Å². The minimum Gasteiger partial charge on any atom is -0.454 e. The van der Waals surface area contributed by atoms with Crippen LogP contribution in [0.2, 0.25) is 0 Å². The summed E-state index contributed by atoms with van der Waals surface area (Å²) in [7, 11) is -3.98. The Labute approximate surface area is 172 Å². The minimum atomic E-state index is -3.98. The normalized spacial score (nSPS) is 18.4. The van der Waals surface area contributed by atoms with Crippen molar-refractivity contribution >= 4 is 27.4 Å². The molecule has 2 aromatic carbocycles. The van der Waals surface area contributed by atoms with E-state index >= 15 is 0 Å². The van der Waals surface area contributed by atoms with E-state index in [9.17, 15) is 22.4 Å². The average Bonchev–Trinajstić information content (AvgIpc) is 3.37. The highest BCUT2D eigenvalue weighted by Gasteiger charge is 2.39. The molecule has 2 aromatic rings. The molecule has 2 aliphatic heterocycles. The van der Waals surface area contributed by atoms with Gasteiger partial charge in [0.05, 0.1) is 10.6 Å². The van der Waals surface area contributed by atoms with Gasteiger partial charge in [0.2, 0.25) is 22.7 Å². The first-order valence-electron chi connectivity index (χ1n) is 9.30. The predicted molar refractivity (Wildman–Crippen MR) is 105 cm³/mol. The molecule has 0 radical (unpaired) electrons. The van der Waals surface area contributed by atoms with E-state index in [2.05, 4.69) is 5.32 Å². The summed E-state index contributed by atoms with van der Waals surface area (Å²) in [4.78, 5) is 24.9. The quantitative estimate of drug-likeness (QED) is 0.726. The van der Waals surface area contributed by atoms with E-state index in [0.717, 1.165) is 16.4 Å². The lowest BCUT2D eigenvalue weighted by atomic mass is 10.1. The SMILES string of the molecule is CC(=O)c1cc2c(cc1NC(=O)[C@H]1CCCN1S(=O)(=O)c1ccc(F)cc1)OCO2. The third-order valence-electron chi connectivity index (χ3n) is 5.08. The summed E-state index contributed by atoms with van der Waals surface area (Å²) >= 11 is 0. The van der Waals surface area contributed by atoms with Crippen LogP contribution in [0.3, 0.4) is 0 Å². The summed E-state index contributed by atoms with van der Waals surface area (Å²) in [6.45, 7) is 1.53. The molecule has 4 rings (SSSR count). The lowest BCUT2D eigenvalue weighted by Crippen LogP contribution is -2.43. The first-order valence-corrected chi connectivity index (χ1v) is 10.7. The standard InChI is InChI=1S/C20H19FN2O6S/c1-12(24)15-9-18-19(29-11-28-18)10-16(15)22-20(25)17-3-2-8-23(17)30(26,27)14-6-4-13(21)5-7-14/h4-7,9-10,17H,2-3,8,11H2,1H3,(H,22,25)/t17-/m1/s1. The topological polar surface area (TPSA) is 102 Å². The molecule has 0 spiro atoms. The smallest absolute Gasteiger partial charge is 0.243 e. The van der Waals surface area contributed by atoms with Gasteiger partial charge in [-0.05, 0) is 50.1 Å². The summed E-state index contributed by atoms with van der Waals surface area (Å²) < 4.78 is 50.8. The van der Waals surface area contributed by atoms with Crippen LogP contribution in [0.15, 0.2) is 41.3 Å². The molecule has 158 valence electrons. The Morgan fingerprint density at radius 1 is 1.13 bits per heavy atom. The molecule has 0 aliphatic carbocycles. The van der Waals surface area contributed by atoms with Crippen molar-refractivity contribution in [3.05, 3.63) is 47.8 Å². The van der Waals surface area contributed by atoms with Gasteiger partial charge < -0.3 is 14.8 Å². The molecular formula is C20H19FN2O6S. The van der Waals surface area contributed by atoms with E-state index in [-0.39, 0.29) is 35.3 Å². The number of rotatable bonds is 5. The van der Waals surface area contributed by atoms with Crippen LogP contribution in [0.5, 0.6) is 11.5 Å². The molecule has 8 nitrogen and oxygen atoms in total. The van der Waals surface area contributed by atoms with Crippen LogP contribution in [0.4, 0.5) is 10.1 Å². The van der Waals surface area contributed by atoms with Crippen LogP contribution in [0.25, 0.3) is 0 Å². The van der Waals surface area contributed by atoms with Gasteiger partial charge in [-0.25, -0.2) is 12.8 Å². The largest absolute Gasteiger partial charge is 0.454 e. The summed E-state index contributed by atoms with van der Waals surface area (Å²) in [6, 6.07) is 6.48. The Hall–Kier alpha value is -2.98. The zero-order valence-electron chi connectivity index (χ0n) is 16.1. The Morgan fingerprint density at radius 3 is 2.47 bits per heavy atom. The molecule has 1 atom stereocenters. The highest BCUT2D eigenvalue weighted by molar-refractivity contribution is 7.89. The number of carbonyl (C=O) groups excluding carboxylic acids is 2. The van der Waals surface area contributed by atoms with Gasteiger partial charge in [-0.3, -0.25) is 9.59 Å². The van der Waals surface area contributed by atoms with Crippen molar-refractivity contribution in [2.24, 2.45) is 0 Å². The Balaban J connectivity index is 1.61. The zero-order chi connectivity index (χ0) is 21.5. The van der Waals surface area contributed by atoms with E-state index in [1.54, 1.807) is 0 Å². The summed E-state index contributed by atoms with van der Waals surface area (Å²) in [5.74, 6) is -0.605. The second-order valence-electron chi connectivity index (χ2n) is 7.02. The van der Waals surface area contributed by atoms with Crippen LogP contribution in [0, 0.1) is 5.82 Å². The van der Waals surface area contributed by atoms with Gasteiger partial charge in [-0.2, -0.15) is 4.31 Å². The molecule has 0 unspecified atom stereocenters. The summed E-state index contributed by atoms with van der Waals surface area (Å²) in [5, 5.41) is 2.66. The Bertz CT molecular complexity index is 1120. The maximum Gasteiger partial charge on any atom is 0.243 e. The number of halogens is 1. The molecule has 0 aromatic heterocycles. The van der Waals surface area contributed by atoms with Crippen molar-refractivity contribution in [2.45, 2.75) is 30.7 Å². The second kappa shape index (κ2) is 7.69. The van der Waals surface area contributed by atoms with Gasteiger partial charge in [0.1, 0.15) is 11.9 Å². The van der Waals surface area contributed by atoms with E-state index in [1.165, 1.54) is 31.2 Å². The molecule has 2 aliphatic rings. The first kappa shape index (κ1) is 20.3. The van der Waals surface area contributed by atoms with Crippen LogP contribution < -0.4 is 14.8 Å². The molecular weight excluding hydrogens is 415 g/mol. The number of ether oxygens (including phenoxy) is 2. The first-order chi connectivity index (χ1) is 14.3. The molecule has 1 fully saturated rings. The highest BCUT2D eigenvalue weighted by Crippen LogP contribution is 2.37. The molecule has 0 bridgehead atoms. The fraction of sp³-hybridized carbons (Fsp3) is 0.300. The molecule has 0 saturated carbocycles. The minimum absolute atomic E-state index is 0.0103. The molecule has 30 heavy (non-hydrogen) atoms. The van der Waals surface area contributed by atoms with E-state index in [4.69, 9.17) is 9.47 Å². The third-order valence-corrected chi connectivity index (χ3v) is 7.00. The molecule has 2 heterocycles. The fourth-order valence-corrected chi connectivity index (χ4v) is 5.24. The summed E-state index contributed by atoms with van der Waals surface area (Å²) in [6.07, 6.45) is 0.825. The Morgan fingerprint density at radius 2 is 1.80 bits per heavy atom. The van der Waals surface area contributed by atoms with E-state index in [0.29, 0.717) is 24.3 Å². The lowest BCUT2D eigenvalue weighted by molar-refractivity contribution is -0.119. The number of anilines is 1. The number of fused-ring (bicyclic) bond motifs is 1. The molecule has 1 saturated heterocycles. The van der Waals surface area contributed by atoms with Crippen LogP contribution in [-0.2, 0) is 14.8 Å². The van der Waals surface area contributed by atoms with Gasteiger partial charge in [0.25, 0.3) is 0 Å². The lowest BCUT2D eigenvalue weighted by Gasteiger charge is -2.24. The number of amides is 1. The van der Waals surface area contributed by atoms with Crippen molar-refractivity contribution in [1.29, 1.82) is 0 Å². The predicted octanol–water partition coefficient (Wildman–Crippen LogP) is 2.55. The van der Waals surface area contributed by atoms with Crippen molar-refractivity contribution in [3.63, 3.8) is 0 Å². The number of hydrogen-bond acceptors (Lipinski definition) is 6. The molecule has 10 heteroatoms. The van der Waals surface area contributed by atoms with Crippen molar-refractivity contribution in [1.82, 2.24) is 4.31 Å². The second-order valence-corrected chi connectivity index (χ2v) is 8.91. The van der Waals surface area contributed by atoms with Crippen molar-refractivity contribution < 1.29 is 31.9 Å². The van der Waals surface area contributed by atoms with Crippen molar-refractivity contribution in [2.75, 3.05) is 18.7 Å². The number of carbonyl (C=O) groups is 2. The van der Waals surface area contributed by atoms with Crippen LogP contribution in [-0.4, -0.2) is 43.8 Å². The number of benzene rings is 2. The van der Waals surface area contributed by atoms with E-state index in [1.807, 2.05) is 0 Å². The number of ketones is 1. The van der Waals surface area contributed by atoms with Crippen molar-refractivity contribution in [3.8, 4) is 11.5 Å². The average molecular weight is 434 g/mol. The third kappa shape index (κ3) is 3.63. The number of sulfonamides is 1. The van der Waals surface area contributed by atoms with Gasteiger partial charge in [0.15, 0.2) is 17.3 Å². The number of nitrogens with one attached hydrogen (secondary N) is 1. The Kier molecular flexibility index (Phi) is 5.20. The van der Waals surface area contributed by atoms with Gasteiger partial charge in [-0.1, -0.05) is 0 Å². The molecule has 1 N–H and O–H groups in total. The van der Waals surface area contributed by atoms with Gasteiger partial charge in [0, 0.05) is 18.2 Å². The van der Waals surface area contributed by atoms with Gasteiger partial charge >= 0.3 is 0 Å². The number of hydrogen-bond donors (Lipinski definition) is 1. The number of nitrogens with zero attached hydrogens (tertiary/aromatic N) is 1. The molecule has 1 amide bonds. The van der Waals surface area contributed by atoms with Crippen LogP contribution in [0.1, 0.15) is 30.1 Å². The van der Waals surface area contributed by atoms with E-state index < -0.39 is 27.8 Å². The zero-order valence-corrected chi connectivity index (χ0v) is 16.9. The number of Topliss-reactive ketones (excluding diaryl/α,β-unsaturated/α-hetero) is 1. The monoisotopic (exact) mass is 434 g/mol. The summed E-state index contributed by atoms with van der Waals surface area (Å²) in [5.41, 5.74) is 0.460. The maximum atomic E-state index is 13.2.